The number of nitrogens with zero attached hydrogens (tertiary/aromatic N) is 4. The lowest BCUT2D eigenvalue weighted by Crippen LogP contribution is -2.43. The molecular formula is C19H26N4O3. The van der Waals surface area contributed by atoms with Crippen LogP contribution in [-0.4, -0.2) is 63.3 Å². The van der Waals surface area contributed by atoms with Crippen LogP contribution < -0.4 is 4.74 Å². The maximum Gasteiger partial charge on any atom is 0.137 e. The molecule has 2 aromatic rings. The van der Waals surface area contributed by atoms with Gasteiger partial charge in [0.15, 0.2) is 0 Å². The summed E-state index contributed by atoms with van der Waals surface area (Å²) in [4.78, 5) is 6.46. The van der Waals surface area contributed by atoms with Crippen molar-refractivity contribution in [3.8, 4) is 5.75 Å². The summed E-state index contributed by atoms with van der Waals surface area (Å²) >= 11 is 0. The van der Waals surface area contributed by atoms with Crippen molar-refractivity contribution in [3.05, 3.63) is 42.0 Å². The van der Waals surface area contributed by atoms with Crippen LogP contribution in [0.2, 0.25) is 0 Å². The number of piperidine rings is 1. The van der Waals surface area contributed by atoms with E-state index < -0.39 is 0 Å². The second kappa shape index (κ2) is 7.34. The van der Waals surface area contributed by atoms with Gasteiger partial charge in [-0.2, -0.15) is 5.10 Å². The van der Waals surface area contributed by atoms with Gasteiger partial charge in [0.05, 0.1) is 32.0 Å². The monoisotopic (exact) mass is 358 g/mol. The maximum atomic E-state index is 9.77. The Labute approximate surface area is 153 Å². The molecule has 1 aromatic heterocycles. The van der Waals surface area contributed by atoms with Crippen LogP contribution in [0.15, 0.2) is 30.9 Å². The van der Waals surface area contributed by atoms with Crippen molar-refractivity contribution in [1.82, 2.24) is 19.7 Å². The quantitative estimate of drug-likeness (QED) is 0.872. The van der Waals surface area contributed by atoms with Gasteiger partial charge in [0.2, 0.25) is 0 Å². The SMILES string of the molecule is COc1ccc(CN2CCC3(CC2)CC(O)CO3)cc1Cn1cncn1. The molecule has 2 fully saturated rings. The van der Waals surface area contributed by atoms with Gasteiger partial charge in [0.1, 0.15) is 18.4 Å². The molecule has 1 aromatic carbocycles. The van der Waals surface area contributed by atoms with E-state index in [1.54, 1.807) is 24.4 Å². The van der Waals surface area contributed by atoms with Gasteiger partial charge in [-0.05, 0) is 30.5 Å². The molecule has 1 atom stereocenters. The summed E-state index contributed by atoms with van der Waals surface area (Å²) < 4.78 is 13.2. The molecule has 1 N–H and O–H groups in total. The first-order valence-corrected chi connectivity index (χ1v) is 9.18. The standard InChI is InChI=1S/C19H26N4O3/c1-25-18-3-2-15(8-16(18)11-23-14-20-13-21-23)10-22-6-4-19(5-7-22)9-17(24)12-26-19/h2-3,8,13-14,17,24H,4-7,9-12H2,1H3. The van der Waals surface area contributed by atoms with E-state index in [-0.39, 0.29) is 11.7 Å². The summed E-state index contributed by atoms with van der Waals surface area (Å²) in [6, 6.07) is 6.36. The molecule has 7 heteroatoms. The topological polar surface area (TPSA) is 72.6 Å². The van der Waals surface area contributed by atoms with Gasteiger partial charge in [0.25, 0.3) is 0 Å². The first kappa shape index (κ1) is 17.5. The fourth-order valence-corrected chi connectivity index (χ4v) is 4.09. The third-order valence-corrected chi connectivity index (χ3v) is 5.51. The molecule has 26 heavy (non-hydrogen) atoms. The normalized spacial score (nSPS) is 22.8. The molecule has 2 saturated heterocycles. The highest BCUT2D eigenvalue weighted by Crippen LogP contribution is 2.36. The molecule has 0 radical (unpaired) electrons. The highest BCUT2D eigenvalue weighted by Gasteiger charge is 2.41. The van der Waals surface area contributed by atoms with Crippen LogP contribution in [0.1, 0.15) is 30.4 Å². The molecule has 0 saturated carbocycles. The van der Waals surface area contributed by atoms with Gasteiger partial charge in [-0.3, -0.25) is 4.90 Å². The zero-order chi connectivity index (χ0) is 18.0. The van der Waals surface area contributed by atoms with Gasteiger partial charge in [-0.1, -0.05) is 6.07 Å². The Morgan fingerprint density at radius 3 is 2.81 bits per heavy atom. The molecule has 3 heterocycles. The van der Waals surface area contributed by atoms with Crippen molar-refractivity contribution in [2.45, 2.75) is 44.1 Å². The van der Waals surface area contributed by atoms with Crippen molar-refractivity contribution < 1.29 is 14.6 Å². The van der Waals surface area contributed by atoms with Crippen LogP contribution in [0.4, 0.5) is 0 Å². The molecule has 4 rings (SSSR count). The molecule has 0 bridgehead atoms. The number of rotatable bonds is 5. The van der Waals surface area contributed by atoms with Gasteiger partial charge in [0, 0.05) is 31.6 Å². The number of likely N-dealkylation sites (tertiary alicyclic amines) is 1. The van der Waals surface area contributed by atoms with E-state index in [9.17, 15) is 5.11 Å². The summed E-state index contributed by atoms with van der Waals surface area (Å²) in [6.07, 6.45) is 5.74. The first-order chi connectivity index (χ1) is 12.7. The van der Waals surface area contributed by atoms with Gasteiger partial charge in [-0.15, -0.1) is 0 Å². The smallest absolute Gasteiger partial charge is 0.137 e. The van der Waals surface area contributed by atoms with E-state index in [1.165, 1.54) is 5.56 Å². The number of methoxy groups -OCH3 is 1. The number of hydrogen-bond acceptors (Lipinski definition) is 6. The number of aliphatic hydroxyl groups is 1. The van der Waals surface area contributed by atoms with E-state index >= 15 is 0 Å². The van der Waals surface area contributed by atoms with Crippen molar-refractivity contribution >= 4 is 0 Å². The fourth-order valence-electron chi connectivity index (χ4n) is 4.09. The second-order valence-corrected chi connectivity index (χ2v) is 7.37. The number of aromatic nitrogens is 3. The van der Waals surface area contributed by atoms with E-state index in [0.29, 0.717) is 13.2 Å². The minimum absolute atomic E-state index is 0.0892. The number of benzene rings is 1. The lowest BCUT2D eigenvalue weighted by molar-refractivity contribution is -0.0456. The second-order valence-electron chi connectivity index (χ2n) is 7.37. The molecule has 7 nitrogen and oxygen atoms in total. The fraction of sp³-hybridized carbons (Fsp3) is 0.579. The largest absolute Gasteiger partial charge is 0.496 e. The minimum atomic E-state index is -0.289. The summed E-state index contributed by atoms with van der Waals surface area (Å²) in [7, 11) is 1.69. The molecule has 2 aliphatic heterocycles. The molecular weight excluding hydrogens is 332 g/mol. The third-order valence-electron chi connectivity index (χ3n) is 5.51. The Bertz CT molecular complexity index is 726. The molecule has 1 spiro atoms. The maximum absolute atomic E-state index is 9.77. The van der Waals surface area contributed by atoms with Gasteiger partial charge < -0.3 is 14.6 Å². The summed E-state index contributed by atoms with van der Waals surface area (Å²) in [5, 5.41) is 14.0. The molecule has 2 aliphatic rings. The predicted molar refractivity (Wildman–Crippen MR) is 95.9 cm³/mol. The average molecular weight is 358 g/mol. The Morgan fingerprint density at radius 1 is 1.31 bits per heavy atom. The number of aliphatic hydroxyl groups excluding tert-OH is 1. The van der Waals surface area contributed by atoms with Crippen LogP contribution in [0.3, 0.4) is 0 Å². The predicted octanol–water partition coefficient (Wildman–Crippen LogP) is 1.45. The highest BCUT2D eigenvalue weighted by atomic mass is 16.5. The third kappa shape index (κ3) is 3.75. The van der Waals surface area contributed by atoms with Crippen LogP contribution in [-0.2, 0) is 17.8 Å². The average Bonchev–Trinajstić information content (AvgIpc) is 3.28. The van der Waals surface area contributed by atoms with Crippen LogP contribution in [0, 0.1) is 0 Å². The Morgan fingerprint density at radius 2 is 2.15 bits per heavy atom. The Balaban J connectivity index is 1.40. The Hall–Kier alpha value is -1.96. The van der Waals surface area contributed by atoms with E-state index in [4.69, 9.17) is 9.47 Å². The minimum Gasteiger partial charge on any atom is -0.496 e. The van der Waals surface area contributed by atoms with Crippen LogP contribution in [0.25, 0.3) is 0 Å². The van der Waals surface area contributed by atoms with Crippen molar-refractivity contribution in [1.29, 1.82) is 0 Å². The van der Waals surface area contributed by atoms with Crippen LogP contribution >= 0.6 is 0 Å². The van der Waals surface area contributed by atoms with Crippen molar-refractivity contribution in [3.63, 3.8) is 0 Å². The summed E-state index contributed by atoms with van der Waals surface area (Å²) in [6.45, 7) is 4.04. The van der Waals surface area contributed by atoms with Gasteiger partial charge in [-0.25, -0.2) is 9.67 Å². The lowest BCUT2D eigenvalue weighted by Gasteiger charge is -2.38. The Kier molecular flexibility index (Phi) is 4.93. The van der Waals surface area contributed by atoms with Crippen LogP contribution in [0.5, 0.6) is 5.75 Å². The van der Waals surface area contributed by atoms with E-state index in [0.717, 1.165) is 50.2 Å². The number of hydrogen-bond donors (Lipinski definition) is 1. The molecule has 140 valence electrons. The van der Waals surface area contributed by atoms with Crippen molar-refractivity contribution in [2.24, 2.45) is 0 Å². The highest BCUT2D eigenvalue weighted by molar-refractivity contribution is 5.37. The molecule has 0 aliphatic carbocycles. The summed E-state index contributed by atoms with van der Waals surface area (Å²) in [5.74, 6) is 0.871. The zero-order valence-corrected chi connectivity index (χ0v) is 15.2. The van der Waals surface area contributed by atoms with Gasteiger partial charge >= 0.3 is 0 Å². The van der Waals surface area contributed by atoms with E-state index in [2.05, 4.69) is 27.1 Å². The summed E-state index contributed by atoms with van der Waals surface area (Å²) in [5.41, 5.74) is 2.28. The first-order valence-electron chi connectivity index (χ1n) is 9.18. The zero-order valence-electron chi connectivity index (χ0n) is 15.2. The molecule has 1 unspecified atom stereocenters. The molecule has 0 amide bonds. The number of ether oxygens (including phenoxy) is 2. The van der Waals surface area contributed by atoms with Crippen molar-refractivity contribution in [2.75, 3.05) is 26.8 Å². The lowest BCUT2D eigenvalue weighted by atomic mass is 9.88. The van der Waals surface area contributed by atoms with E-state index in [1.807, 2.05) is 6.07 Å².